The number of carbonyl (C=O) groups is 2. The standard InChI is InChI=1S/C22H28N2O4/c1-5-14-27-18-8-6-7-9-19(18)28-15-20(25)23-24-21(26)16-10-12-17(13-11-16)22(2,3)4/h6-13H,5,14-15H2,1-4H3,(H,23,25)(H,24,26). The summed E-state index contributed by atoms with van der Waals surface area (Å²) in [5.41, 5.74) is 6.35. The molecule has 6 heteroatoms. The zero-order valence-electron chi connectivity index (χ0n) is 16.9. The van der Waals surface area contributed by atoms with Crippen LogP contribution in [0.25, 0.3) is 0 Å². The molecule has 0 aliphatic rings. The van der Waals surface area contributed by atoms with Crippen molar-refractivity contribution in [1.82, 2.24) is 10.9 Å². The molecule has 0 aliphatic carbocycles. The molecule has 0 heterocycles. The van der Waals surface area contributed by atoms with E-state index in [0.717, 1.165) is 12.0 Å². The van der Waals surface area contributed by atoms with E-state index >= 15 is 0 Å². The molecule has 150 valence electrons. The minimum absolute atomic E-state index is 0.0116. The van der Waals surface area contributed by atoms with Crippen LogP contribution in [0.1, 0.15) is 50.0 Å². The summed E-state index contributed by atoms with van der Waals surface area (Å²) < 4.78 is 11.1. The minimum atomic E-state index is -0.468. The van der Waals surface area contributed by atoms with E-state index in [-0.39, 0.29) is 17.9 Å². The van der Waals surface area contributed by atoms with Gasteiger partial charge in [0, 0.05) is 5.56 Å². The highest BCUT2D eigenvalue weighted by Crippen LogP contribution is 2.26. The molecule has 0 aromatic heterocycles. The number of benzene rings is 2. The maximum atomic E-state index is 12.2. The fraction of sp³-hybridized carbons (Fsp3) is 0.364. The molecule has 2 aromatic rings. The maximum Gasteiger partial charge on any atom is 0.276 e. The zero-order valence-corrected chi connectivity index (χ0v) is 16.9. The van der Waals surface area contributed by atoms with Crippen LogP contribution in [0.5, 0.6) is 11.5 Å². The Bertz CT molecular complexity index is 795. The molecule has 2 rings (SSSR count). The van der Waals surface area contributed by atoms with E-state index in [2.05, 4.69) is 31.6 Å². The van der Waals surface area contributed by atoms with Crippen LogP contribution in [0.3, 0.4) is 0 Å². The van der Waals surface area contributed by atoms with E-state index in [4.69, 9.17) is 9.47 Å². The molecule has 0 atom stereocenters. The van der Waals surface area contributed by atoms with Crippen LogP contribution in [0.15, 0.2) is 48.5 Å². The van der Waals surface area contributed by atoms with Gasteiger partial charge in [-0.2, -0.15) is 0 Å². The van der Waals surface area contributed by atoms with E-state index < -0.39 is 5.91 Å². The molecule has 0 radical (unpaired) electrons. The Morgan fingerprint density at radius 3 is 2.07 bits per heavy atom. The first kappa shape index (κ1) is 21.3. The smallest absolute Gasteiger partial charge is 0.276 e. The van der Waals surface area contributed by atoms with E-state index in [1.165, 1.54) is 0 Å². The number of para-hydroxylation sites is 2. The van der Waals surface area contributed by atoms with Crippen molar-refractivity contribution >= 4 is 11.8 Å². The number of hydrazine groups is 1. The molecular formula is C22H28N2O4. The Morgan fingerprint density at radius 2 is 1.50 bits per heavy atom. The van der Waals surface area contributed by atoms with Gasteiger partial charge in [0.1, 0.15) is 0 Å². The summed E-state index contributed by atoms with van der Waals surface area (Å²) in [5.74, 6) is 0.209. The molecule has 2 N–H and O–H groups in total. The Hall–Kier alpha value is -3.02. The van der Waals surface area contributed by atoms with E-state index in [1.807, 2.05) is 25.1 Å². The van der Waals surface area contributed by atoms with Crippen molar-refractivity contribution in [2.75, 3.05) is 13.2 Å². The highest BCUT2D eigenvalue weighted by atomic mass is 16.5. The van der Waals surface area contributed by atoms with Crippen molar-refractivity contribution in [3.05, 3.63) is 59.7 Å². The number of rotatable bonds is 7. The number of carbonyl (C=O) groups excluding carboxylic acids is 2. The lowest BCUT2D eigenvalue weighted by molar-refractivity contribution is -0.123. The van der Waals surface area contributed by atoms with Crippen LogP contribution in [-0.2, 0) is 10.2 Å². The van der Waals surface area contributed by atoms with Crippen molar-refractivity contribution in [3.63, 3.8) is 0 Å². The lowest BCUT2D eigenvalue weighted by Crippen LogP contribution is -2.43. The maximum absolute atomic E-state index is 12.2. The predicted octanol–water partition coefficient (Wildman–Crippen LogP) is 3.61. The van der Waals surface area contributed by atoms with Crippen LogP contribution in [-0.4, -0.2) is 25.0 Å². The molecule has 0 bridgehead atoms. The minimum Gasteiger partial charge on any atom is -0.490 e. The summed E-state index contributed by atoms with van der Waals surface area (Å²) in [6.45, 7) is 8.65. The van der Waals surface area contributed by atoms with Crippen LogP contribution >= 0.6 is 0 Å². The highest BCUT2D eigenvalue weighted by molar-refractivity contribution is 5.95. The van der Waals surface area contributed by atoms with Gasteiger partial charge in [0.15, 0.2) is 18.1 Å². The molecule has 0 aliphatic heterocycles. The van der Waals surface area contributed by atoms with Crippen molar-refractivity contribution in [2.24, 2.45) is 0 Å². The molecule has 0 saturated carbocycles. The average Bonchev–Trinajstić information content (AvgIpc) is 2.68. The summed E-state index contributed by atoms with van der Waals surface area (Å²) in [5, 5.41) is 0. The Balaban J connectivity index is 1.83. The van der Waals surface area contributed by atoms with E-state index in [1.54, 1.807) is 30.3 Å². The normalized spacial score (nSPS) is 10.9. The van der Waals surface area contributed by atoms with Crippen molar-refractivity contribution in [1.29, 1.82) is 0 Å². The predicted molar refractivity (Wildman–Crippen MR) is 108 cm³/mol. The molecule has 2 amide bonds. The summed E-state index contributed by atoms with van der Waals surface area (Å²) in [4.78, 5) is 24.1. The lowest BCUT2D eigenvalue weighted by Gasteiger charge is -2.19. The number of hydrogen-bond donors (Lipinski definition) is 2. The summed E-state index contributed by atoms with van der Waals surface area (Å²) >= 11 is 0. The number of amides is 2. The van der Waals surface area contributed by atoms with Gasteiger partial charge in [-0.05, 0) is 41.7 Å². The van der Waals surface area contributed by atoms with Gasteiger partial charge in [-0.1, -0.05) is 52.0 Å². The molecule has 0 fully saturated rings. The Labute approximate surface area is 166 Å². The number of hydrogen-bond acceptors (Lipinski definition) is 4. The van der Waals surface area contributed by atoms with Gasteiger partial charge in [0.05, 0.1) is 6.61 Å². The number of ether oxygens (including phenoxy) is 2. The molecule has 28 heavy (non-hydrogen) atoms. The van der Waals surface area contributed by atoms with Gasteiger partial charge in [-0.3, -0.25) is 20.4 Å². The molecule has 0 unspecified atom stereocenters. The molecular weight excluding hydrogens is 356 g/mol. The fourth-order valence-electron chi connectivity index (χ4n) is 2.40. The SMILES string of the molecule is CCCOc1ccccc1OCC(=O)NNC(=O)c1ccc(C(C)(C)C)cc1. The Morgan fingerprint density at radius 1 is 0.893 bits per heavy atom. The van der Waals surface area contributed by atoms with Gasteiger partial charge < -0.3 is 9.47 Å². The van der Waals surface area contributed by atoms with Gasteiger partial charge >= 0.3 is 0 Å². The monoisotopic (exact) mass is 384 g/mol. The third-order valence-electron chi connectivity index (χ3n) is 4.00. The second-order valence-electron chi connectivity index (χ2n) is 7.41. The lowest BCUT2D eigenvalue weighted by atomic mass is 9.87. The first-order chi connectivity index (χ1) is 13.3. The van der Waals surface area contributed by atoms with Crippen molar-refractivity contribution in [2.45, 2.75) is 39.5 Å². The van der Waals surface area contributed by atoms with Crippen LogP contribution in [0, 0.1) is 0 Å². The van der Waals surface area contributed by atoms with E-state index in [0.29, 0.717) is 23.7 Å². The quantitative estimate of drug-likeness (QED) is 0.715. The van der Waals surface area contributed by atoms with Crippen LogP contribution in [0.2, 0.25) is 0 Å². The van der Waals surface area contributed by atoms with Gasteiger partial charge in [0.25, 0.3) is 11.8 Å². The first-order valence-corrected chi connectivity index (χ1v) is 9.35. The van der Waals surface area contributed by atoms with Crippen LogP contribution < -0.4 is 20.3 Å². The van der Waals surface area contributed by atoms with Gasteiger partial charge in [0.2, 0.25) is 0 Å². The van der Waals surface area contributed by atoms with Crippen molar-refractivity contribution in [3.8, 4) is 11.5 Å². The average molecular weight is 384 g/mol. The summed E-state index contributed by atoms with van der Waals surface area (Å²) in [6.07, 6.45) is 0.873. The molecule has 0 saturated heterocycles. The topological polar surface area (TPSA) is 76.7 Å². The third kappa shape index (κ3) is 6.30. The molecule has 6 nitrogen and oxygen atoms in total. The molecule has 2 aromatic carbocycles. The highest BCUT2D eigenvalue weighted by Gasteiger charge is 2.15. The third-order valence-corrected chi connectivity index (χ3v) is 4.00. The zero-order chi connectivity index (χ0) is 20.6. The van der Waals surface area contributed by atoms with Gasteiger partial charge in [-0.15, -0.1) is 0 Å². The summed E-state index contributed by atoms with van der Waals surface area (Å²) in [6, 6.07) is 14.4. The molecule has 0 spiro atoms. The first-order valence-electron chi connectivity index (χ1n) is 9.35. The van der Waals surface area contributed by atoms with Gasteiger partial charge in [-0.25, -0.2) is 0 Å². The van der Waals surface area contributed by atoms with Crippen molar-refractivity contribution < 1.29 is 19.1 Å². The fourth-order valence-corrected chi connectivity index (χ4v) is 2.40. The van der Waals surface area contributed by atoms with E-state index in [9.17, 15) is 9.59 Å². The summed E-state index contributed by atoms with van der Waals surface area (Å²) in [7, 11) is 0. The second kappa shape index (κ2) is 9.78. The van der Waals surface area contributed by atoms with Crippen LogP contribution in [0.4, 0.5) is 0 Å². The largest absolute Gasteiger partial charge is 0.490 e. The number of nitrogens with one attached hydrogen (secondary N) is 2. The second-order valence-corrected chi connectivity index (χ2v) is 7.41. The Kier molecular flexibility index (Phi) is 7.44.